The van der Waals surface area contributed by atoms with Crippen LogP contribution in [0, 0.1) is 5.92 Å². The van der Waals surface area contributed by atoms with Crippen LogP contribution in [-0.4, -0.2) is 37.0 Å². The number of hydrogen-bond acceptors (Lipinski definition) is 3. The number of rotatable bonds is 8. The van der Waals surface area contributed by atoms with Crippen molar-refractivity contribution in [2.24, 2.45) is 5.92 Å². The summed E-state index contributed by atoms with van der Waals surface area (Å²) in [5.74, 6) is 0.518. The van der Waals surface area contributed by atoms with E-state index in [2.05, 4.69) is 26.1 Å². The van der Waals surface area contributed by atoms with Crippen LogP contribution in [-0.2, 0) is 4.74 Å². The molecular weight excluding hydrogens is 190 g/mol. The van der Waals surface area contributed by atoms with E-state index in [1.807, 2.05) is 6.92 Å². The molecule has 0 saturated carbocycles. The summed E-state index contributed by atoms with van der Waals surface area (Å²) in [7, 11) is 1.70. The van der Waals surface area contributed by atoms with Crippen LogP contribution in [0.3, 0.4) is 0 Å². The van der Waals surface area contributed by atoms with Gasteiger partial charge in [0.25, 0.3) is 0 Å². The van der Waals surface area contributed by atoms with Gasteiger partial charge in [-0.05, 0) is 25.7 Å². The second-order valence-corrected chi connectivity index (χ2v) is 5.04. The van der Waals surface area contributed by atoms with Gasteiger partial charge in [-0.3, -0.25) is 0 Å². The van der Waals surface area contributed by atoms with Crippen molar-refractivity contribution >= 4 is 0 Å². The molecule has 0 aromatic rings. The molecule has 3 heteroatoms. The fourth-order valence-electron chi connectivity index (χ4n) is 1.84. The van der Waals surface area contributed by atoms with Crippen molar-refractivity contribution in [3.8, 4) is 0 Å². The summed E-state index contributed by atoms with van der Waals surface area (Å²) in [4.78, 5) is 0. The van der Waals surface area contributed by atoms with Crippen LogP contribution in [0.4, 0.5) is 0 Å². The van der Waals surface area contributed by atoms with E-state index < -0.39 is 5.60 Å². The Kier molecular flexibility index (Phi) is 7.14. The molecule has 2 atom stereocenters. The molecule has 0 radical (unpaired) electrons. The second kappa shape index (κ2) is 7.20. The normalized spacial score (nSPS) is 17.8. The van der Waals surface area contributed by atoms with Crippen molar-refractivity contribution in [1.29, 1.82) is 0 Å². The van der Waals surface area contributed by atoms with E-state index in [0.717, 1.165) is 12.8 Å². The van der Waals surface area contributed by atoms with Crippen LogP contribution in [0.5, 0.6) is 0 Å². The molecule has 0 aliphatic rings. The minimum Gasteiger partial charge on any atom is -0.389 e. The molecule has 15 heavy (non-hydrogen) atoms. The number of nitrogens with one attached hydrogen (secondary N) is 1. The van der Waals surface area contributed by atoms with Gasteiger partial charge in [0, 0.05) is 19.7 Å². The van der Waals surface area contributed by atoms with Crippen LogP contribution in [0.2, 0.25) is 0 Å². The van der Waals surface area contributed by atoms with Crippen LogP contribution < -0.4 is 5.32 Å². The predicted octanol–water partition coefficient (Wildman–Crippen LogP) is 1.80. The second-order valence-electron chi connectivity index (χ2n) is 5.04. The molecule has 0 aromatic carbocycles. The van der Waals surface area contributed by atoms with Crippen LogP contribution in [0.15, 0.2) is 0 Å². The molecule has 0 heterocycles. The fraction of sp³-hybridized carbons (Fsp3) is 1.00. The molecular formula is C12H27NO2. The van der Waals surface area contributed by atoms with Gasteiger partial charge in [0.2, 0.25) is 0 Å². The molecule has 0 saturated heterocycles. The zero-order valence-corrected chi connectivity index (χ0v) is 10.8. The number of hydrogen-bond donors (Lipinski definition) is 2. The van der Waals surface area contributed by atoms with Gasteiger partial charge >= 0.3 is 0 Å². The molecule has 0 spiro atoms. The van der Waals surface area contributed by atoms with Gasteiger partial charge in [-0.2, -0.15) is 0 Å². The first-order valence-electron chi connectivity index (χ1n) is 5.86. The SMILES string of the molecule is CCC(COC)NCC(C)(O)CC(C)C. The Bertz CT molecular complexity index is 158. The molecule has 0 rings (SSSR count). The first-order valence-corrected chi connectivity index (χ1v) is 5.86. The molecule has 2 unspecified atom stereocenters. The highest BCUT2D eigenvalue weighted by Gasteiger charge is 2.22. The standard InChI is InChI=1S/C12H27NO2/c1-6-11(8-15-5)13-9-12(4,14)7-10(2)3/h10-11,13-14H,6-9H2,1-5H3. The average molecular weight is 217 g/mol. The Hall–Kier alpha value is -0.120. The molecule has 0 fully saturated rings. The van der Waals surface area contributed by atoms with Crippen molar-refractivity contribution in [3.63, 3.8) is 0 Å². The lowest BCUT2D eigenvalue weighted by molar-refractivity contribution is 0.0320. The summed E-state index contributed by atoms with van der Waals surface area (Å²) in [6, 6.07) is 0.341. The molecule has 92 valence electrons. The van der Waals surface area contributed by atoms with Gasteiger partial charge in [0.05, 0.1) is 12.2 Å². The number of ether oxygens (including phenoxy) is 1. The lowest BCUT2D eigenvalue weighted by Crippen LogP contribution is -2.44. The van der Waals surface area contributed by atoms with E-state index in [4.69, 9.17) is 4.74 Å². The van der Waals surface area contributed by atoms with Crippen LogP contribution in [0.25, 0.3) is 0 Å². The van der Waals surface area contributed by atoms with E-state index in [1.54, 1.807) is 7.11 Å². The molecule has 0 aromatic heterocycles. The Morgan fingerprint density at radius 1 is 1.40 bits per heavy atom. The highest BCUT2D eigenvalue weighted by atomic mass is 16.5. The lowest BCUT2D eigenvalue weighted by Gasteiger charge is -2.28. The molecule has 0 amide bonds. The van der Waals surface area contributed by atoms with Gasteiger partial charge < -0.3 is 15.2 Å². The first-order chi connectivity index (χ1) is 6.91. The van der Waals surface area contributed by atoms with Crippen molar-refractivity contribution < 1.29 is 9.84 Å². The van der Waals surface area contributed by atoms with Gasteiger partial charge in [-0.25, -0.2) is 0 Å². The third-order valence-electron chi connectivity index (χ3n) is 2.48. The Labute approximate surface area is 94.2 Å². The van der Waals surface area contributed by atoms with E-state index in [9.17, 15) is 5.11 Å². The quantitative estimate of drug-likeness (QED) is 0.651. The van der Waals surface area contributed by atoms with Crippen LogP contribution >= 0.6 is 0 Å². The fourth-order valence-corrected chi connectivity index (χ4v) is 1.84. The van der Waals surface area contributed by atoms with Gasteiger partial charge in [0.15, 0.2) is 0 Å². The van der Waals surface area contributed by atoms with E-state index in [-0.39, 0.29) is 0 Å². The van der Waals surface area contributed by atoms with E-state index in [0.29, 0.717) is 25.1 Å². The highest BCUT2D eigenvalue weighted by molar-refractivity contribution is 4.79. The summed E-state index contributed by atoms with van der Waals surface area (Å²) in [6.07, 6.45) is 1.84. The monoisotopic (exact) mass is 217 g/mol. The Morgan fingerprint density at radius 2 is 2.00 bits per heavy atom. The summed E-state index contributed by atoms with van der Waals surface area (Å²) in [5.41, 5.74) is -0.616. The molecule has 2 N–H and O–H groups in total. The van der Waals surface area contributed by atoms with Gasteiger partial charge in [-0.15, -0.1) is 0 Å². The number of methoxy groups -OCH3 is 1. The van der Waals surface area contributed by atoms with Crippen molar-refractivity contribution in [1.82, 2.24) is 5.32 Å². The summed E-state index contributed by atoms with van der Waals surface area (Å²) < 4.78 is 5.10. The Morgan fingerprint density at radius 3 is 2.40 bits per heavy atom. The van der Waals surface area contributed by atoms with Gasteiger partial charge in [0.1, 0.15) is 0 Å². The molecule has 0 aliphatic heterocycles. The zero-order valence-electron chi connectivity index (χ0n) is 10.8. The van der Waals surface area contributed by atoms with E-state index in [1.165, 1.54) is 0 Å². The maximum Gasteiger partial charge on any atom is 0.0746 e. The highest BCUT2D eigenvalue weighted by Crippen LogP contribution is 2.15. The van der Waals surface area contributed by atoms with Gasteiger partial charge in [-0.1, -0.05) is 20.8 Å². The summed E-state index contributed by atoms with van der Waals surface area (Å²) in [6.45, 7) is 9.59. The van der Waals surface area contributed by atoms with Crippen LogP contribution in [0.1, 0.15) is 40.5 Å². The first kappa shape index (κ1) is 14.9. The largest absolute Gasteiger partial charge is 0.389 e. The maximum atomic E-state index is 10.1. The third kappa shape index (κ3) is 7.77. The zero-order chi connectivity index (χ0) is 11.9. The van der Waals surface area contributed by atoms with E-state index >= 15 is 0 Å². The smallest absolute Gasteiger partial charge is 0.0746 e. The number of aliphatic hydroxyl groups is 1. The summed E-state index contributed by atoms with van der Waals surface area (Å²) >= 11 is 0. The maximum absolute atomic E-state index is 10.1. The van der Waals surface area contributed by atoms with Crippen molar-refractivity contribution in [3.05, 3.63) is 0 Å². The predicted molar refractivity (Wildman–Crippen MR) is 64.0 cm³/mol. The third-order valence-corrected chi connectivity index (χ3v) is 2.48. The minimum atomic E-state index is -0.616. The summed E-state index contributed by atoms with van der Waals surface area (Å²) in [5, 5.41) is 13.4. The molecule has 3 nitrogen and oxygen atoms in total. The average Bonchev–Trinajstić information content (AvgIpc) is 2.10. The van der Waals surface area contributed by atoms with Crippen molar-refractivity contribution in [2.75, 3.05) is 20.3 Å². The Balaban J connectivity index is 3.89. The lowest BCUT2D eigenvalue weighted by atomic mass is 9.94. The molecule has 0 bridgehead atoms. The topological polar surface area (TPSA) is 41.5 Å². The molecule has 0 aliphatic carbocycles. The minimum absolute atomic E-state index is 0.341. The van der Waals surface area contributed by atoms with Crippen molar-refractivity contribution in [2.45, 2.75) is 52.2 Å².